The summed E-state index contributed by atoms with van der Waals surface area (Å²) in [6.07, 6.45) is 0. The van der Waals surface area contributed by atoms with Crippen LogP contribution in [0.25, 0.3) is 43.4 Å². The number of hydrogen-bond acceptors (Lipinski definition) is 1. The van der Waals surface area contributed by atoms with Crippen molar-refractivity contribution in [3.05, 3.63) is 133 Å². The summed E-state index contributed by atoms with van der Waals surface area (Å²) >= 11 is 0. The normalized spacial score (nSPS) is 13.2. The first-order valence-electron chi connectivity index (χ1n) is 13.3. The minimum absolute atomic E-state index is 0.191. The molecule has 0 N–H and O–H groups in total. The second-order valence-electron chi connectivity index (χ2n) is 10.5. The molecular weight excluding hydrogens is 457 g/mol. The fourth-order valence-electron chi connectivity index (χ4n) is 6.99. The van der Waals surface area contributed by atoms with Crippen LogP contribution in [0.2, 0.25) is 0 Å². The third-order valence-corrected chi connectivity index (χ3v) is 8.59. The van der Waals surface area contributed by atoms with Crippen LogP contribution in [0.1, 0.15) is 0 Å². The van der Waals surface area contributed by atoms with E-state index in [1.807, 2.05) is 0 Å². The van der Waals surface area contributed by atoms with Crippen molar-refractivity contribution in [2.45, 2.75) is 0 Å². The van der Waals surface area contributed by atoms with Crippen LogP contribution < -0.4 is 21.3 Å². The third kappa shape index (κ3) is 2.62. The zero-order chi connectivity index (χ0) is 24.8. The number of benzene rings is 7. The molecule has 2 aliphatic heterocycles. The molecule has 0 aromatic heterocycles. The molecule has 1 nitrogen and oxygen atoms in total. The maximum atomic E-state index is 2.50. The molecule has 2 heteroatoms. The Labute approximate surface area is 221 Å². The quantitative estimate of drug-likeness (QED) is 0.222. The highest BCUT2D eigenvalue weighted by Gasteiger charge is 2.40. The topological polar surface area (TPSA) is 3.24 Å². The van der Waals surface area contributed by atoms with Crippen LogP contribution in [-0.4, -0.2) is 6.71 Å². The molecule has 0 bridgehead atoms. The second-order valence-corrected chi connectivity index (χ2v) is 10.5. The number of hydrogen-bond donors (Lipinski definition) is 0. The van der Waals surface area contributed by atoms with Gasteiger partial charge in [0.25, 0.3) is 0 Å². The van der Waals surface area contributed by atoms with E-state index in [4.69, 9.17) is 0 Å². The molecule has 174 valence electrons. The number of anilines is 3. The van der Waals surface area contributed by atoms with Crippen molar-refractivity contribution in [2.24, 2.45) is 0 Å². The van der Waals surface area contributed by atoms with Gasteiger partial charge in [-0.2, -0.15) is 0 Å². The maximum Gasteiger partial charge on any atom is 0.248 e. The van der Waals surface area contributed by atoms with E-state index >= 15 is 0 Å². The lowest BCUT2D eigenvalue weighted by Gasteiger charge is -2.40. The highest BCUT2D eigenvalue weighted by atomic mass is 15.1. The first-order valence-corrected chi connectivity index (χ1v) is 13.3. The molecule has 2 heterocycles. The largest absolute Gasteiger partial charge is 0.311 e. The summed E-state index contributed by atoms with van der Waals surface area (Å²) in [5, 5.41) is 7.79. The van der Waals surface area contributed by atoms with E-state index in [1.54, 1.807) is 0 Å². The molecule has 0 atom stereocenters. The Morgan fingerprint density at radius 3 is 1.92 bits per heavy atom. The molecule has 2 aliphatic rings. The van der Waals surface area contributed by atoms with Crippen molar-refractivity contribution in [1.82, 2.24) is 0 Å². The van der Waals surface area contributed by atoms with Gasteiger partial charge < -0.3 is 4.90 Å². The summed E-state index contributed by atoms with van der Waals surface area (Å²) < 4.78 is 0. The van der Waals surface area contributed by atoms with Gasteiger partial charge in [-0.1, -0.05) is 115 Å². The molecule has 0 spiro atoms. The summed E-state index contributed by atoms with van der Waals surface area (Å²) in [6.45, 7) is 0.191. The van der Waals surface area contributed by atoms with Gasteiger partial charge in [-0.25, -0.2) is 0 Å². The van der Waals surface area contributed by atoms with E-state index in [2.05, 4.69) is 138 Å². The molecule has 0 aliphatic carbocycles. The zero-order valence-corrected chi connectivity index (χ0v) is 20.7. The zero-order valence-electron chi connectivity index (χ0n) is 20.7. The standard InChI is InChI=1S/C36H22BN/c1-2-9-25-20-28(19-18-23(25)8-1)38-33-17-7-15-30-29-14-5-12-24-13-6-16-31(35(24)29)37(36(30)33)32-21-26-10-3-4-11-27(26)22-34(32)38/h1-22H. The smallest absolute Gasteiger partial charge is 0.248 e. The van der Waals surface area contributed by atoms with Gasteiger partial charge in [0.05, 0.1) is 0 Å². The van der Waals surface area contributed by atoms with Crippen LogP contribution in [-0.2, 0) is 0 Å². The van der Waals surface area contributed by atoms with Gasteiger partial charge in [0, 0.05) is 17.1 Å². The van der Waals surface area contributed by atoms with Crippen molar-refractivity contribution >= 4 is 72.5 Å². The molecular formula is C36H22BN. The Morgan fingerprint density at radius 2 is 1.08 bits per heavy atom. The van der Waals surface area contributed by atoms with Crippen molar-refractivity contribution < 1.29 is 0 Å². The number of nitrogens with zero attached hydrogens (tertiary/aromatic N) is 1. The van der Waals surface area contributed by atoms with Crippen LogP contribution in [0, 0.1) is 0 Å². The van der Waals surface area contributed by atoms with Gasteiger partial charge in [-0.3, -0.25) is 0 Å². The Hall–Kier alpha value is -4.82. The molecule has 0 fully saturated rings. The fourth-order valence-corrected chi connectivity index (χ4v) is 6.99. The van der Waals surface area contributed by atoms with Gasteiger partial charge in [-0.05, 0) is 78.6 Å². The lowest BCUT2D eigenvalue weighted by molar-refractivity contribution is 1.30. The van der Waals surface area contributed by atoms with Crippen molar-refractivity contribution in [1.29, 1.82) is 0 Å². The van der Waals surface area contributed by atoms with Crippen molar-refractivity contribution in [3.63, 3.8) is 0 Å². The van der Waals surface area contributed by atoms with Gasteiger partial charge in [0.2, 0.25) is 6.71 Å². The average molecular weight is 479 g/mol. The van der Waals surface area contributed by atoms with Crippen LogP contribution in [0.5, 0.6) is 0 Å². The predicted octanol–water partition coefficient (Wildman–Crippen LogP) is 7.43. The molecule has 0 amide bonds. The molecule has 9 rings (SSSR count). The monoisotopic (exact) mass is 479 g/mol. The second kappa shape index (κ2) is 7.37. The van der Waals surface area contributed by atoms with Gasteiger partial charge in [0.15, 0.2) is 0 Å². The minimum atomic E-state index is 0.191. The summed E-state index contributed by atoms with van der Waals surface area (Å²) in [5.74, 6) is 0. The molecule has 38 heavy (non-hydrogen) atoms. The van der Waals surface area contributed by atoms with Crippen molar-refractivity contribution in [2.75, 3.05) is 4.90 Å². The summed E-state index contributed by atoms with van der Waals surface area (Å²) in [6, 6.07) is 49.6. The SMILES string of the molecule is c1cc2c3c(c1)N(c1ccc4ccccc4c1)c1cc4ccccc4cc1B3c1cccc3cccc-2c13. The molecule has 0 radical (unpaired) electrons. The lowest BCUT2D eigenvalue weighted by Crippen LogP contribution is -2.59. The van der Waals surface area contributed by atoms with E-state index in [0.717, 1.165) is 0 Å². The van der Waals surface area contributed by atoms with Crippen molar-refractivity contribution in [3.8, 4) is 11.1 Å². The van der Waals surface area contributed by atoms with Gasteiger partial charge >= 0.3 is 0 Å². The molecule has 0 saturated carbocycles. The van der Waals surface area contributed by atoms with E-state index in [1.165, 1.54) is 76.9 Å². The summed E-state index contributed by atoms with van der Waals surface area (Å²) in [4.78, 5) is 2.50. The van der Waals surface area contributed by atoms with Crippen LogP contribution >= 0.6 is 0 Å². The summed E-state index contributed by atoms with van der Waals surface area (Å²) in [7, 11) is 0. The van der Waals surface area contributed by atoms with Gasteiger partial charge in [0.1, 0.15) is 0 Å². The Bertz CT molecular complexity index is 2100. The van der Waals surface area contributed by atoms with Crippen LogP contribution in [0.3, 0.4) is 0 Å². The molecule has 0 saturated heterocycles. The Morgan fingerprint density at radius 1 is 0.421 bits per heavy atom. The molecule has 7 aromatic rings. The Balaban J connectivity index is 1.44. The fraction of sp³-hybridized carbons (Fsp3) is 0. The third-order valence-electron chi connectivity index (χ3n) is 8.59. The van der Waals surface area contributed by atoms with Crippen LogP contribution in [0.4, 0.5) is 17.1 Å². The van der Waals surface area contributed by atoms with E-state index in [0.29, 0.717) is 0 Å². The number of fused-ring (bicyclic) bond motifs is 6. The molecule has 0 unspecified atom stereocenters. The number of rotatable bonds is 1. The van der Waals surface area contributed by atoms with E-state index in [-0.39, 0.29) is 6.71 Å². The average Bonchev–Trinajstić information content (AvgIpc) is 2.98. The minimum Gasteiger partial charge on any atom is -0.311 e. The molecule has 7 aromatic carbocycles. The summed E-state index contributed by atoms with van der Waals surface area (Å²) in [5.41, 5.74) is 10.6. The highest BCUT2D eigenvalue weighted by Crippen LogP contribution is 2.42. The van der Waals surface area contributed by atoms with E-state index < -0.39 is 0 Å². The van der Waals surface area contributed by atoms with Crippen LogP contribution in [0.15, 0.2) is 133 Å². The maximum absolute atomic E-state index is 2.50. The van der Waals surface area contributed by atoms with Gasteiger partial charge in [-0.15, -0.1) is 0 Å². The lowest BCUT2D eigenvalue weighted by atomic mass is 9.32. The first kappa shape index (κ1) is 20.3. The predicted molar refractivity (Wildman–Crippen MR) is 164 cm³/mol. The van der Waals surface area contributed by atoms with E-state index in [9.17, 15) is 0 Å². The Kier molecular flexibility index (Phi) is 3.93. The highest BCUT2D eigenvalue weighted by molar-refractivity contribution is 7.01. The first-order chi connectivity index (χ1) is 18.8.